The summed E-state index contributed by atoms with van der Waals surface area (Å²) in [6, 6.07) is 22.1. The molecular formula is C26H21BrN2O4S. The molecule has 0 bridgehead atoms. The number of amides is 3. The monoisotopic (exact) mass is 536 g/mol. The number of benzene rings is 3. The van der Waals surface area contributed by atoms with Gasteiger partial charge in [-0.25, -0.2) is 0 Å². The first-order valence-corrected chi connectivity index (χ1v) is 12.1. The largest absolute Gasteiger partial charge is 0.483 e. The summed E-state index contributed by atoms with van der Waals surface area (Å²) in [5.74, 6) is -0.0955. The smallest absolute Gasteiger partial charge is 0.293 e. The minimum atomic E-state index is -0.315. The first kappa shape index (κ1) is 23.8. The van der Waals surface area contributed by atoms with Crippen molar-refractivity contribution in [3.05, 3.63) is 98.9 Å². The van der Waals surface area contributed by atoms with Gasteiger partial charge in [-0.05, 0) is 76.1 Å². The van der Waals surface area contributed by atoms with Gasteiger partial charge in [0.2, 0.25) is 0 Å². The third kappa shape index (κ3) is 5.95. The van der Waals surface area contributed by atoms with Gasteiger partial charge in [0.25, 0.3) is 17.1 Å². The molecule has 0 aliphatic carbocycles. The molecule has 1 aliphatic heterocycles. The van der Waals surface area contributed by atoms with Crippen molar-refractivity contribution in [3.8, 4) is 5.75 Å². The molecule has 3 aromatic rings. The van der Waals surface area contributed by atoms with E-state index < -0.39 is 0 Å². The quantitative estimate of drug-likeness (QED) is 0.374. The number of para-hydroxylation sites is 1. The summed E-state index contributed by atoms with van der Waals surface area (Å²) >= 11 is 4.37. The van der Waals surface area contributed by atoms with Crippen LogP contribution in [-0.4, -0.2) is 28.6 Å². The lowest BCUT2D eigenvalue weighted by molar-refractivity contribution is -0.123. The van der Waals surface area contributed by atoms with E-state index in [1.165, 1.54) is 4.90 Å². The van der Waals surface area contributed by atoms with Crippen molar-refractivity contribution >= 4 is 56.5 Å². The second kappa shape index (κ2) is 10.7. The molecule has 1 aliphatic rings. The normalized spacial score (nSPS) is 14.5. The van der Waals surface area contributed by atoms with E-state index in [2.05, 4.69) is 21.2 Å². The van der Waals surface area contributed by atoms with Crippen molar-refractivity contribution in [2.24, 2.45) is 0 Å². The number of nitrogens with one attached hydrogen (secondary N) is 1. The Kier molecular flexibility index (Phi) is 7.49. The van der Waals surface area contributed by atoms with Crippen molar-refractivity contribution in [2.45, 2.75) is 13.5 Å². The number of ether oxygens (including phenoxy) is 1. The van der Waals surface area contributed by atoms with E-state index in [9.17, 15) is 14.4 Å². The Labute approximate surface area is 210 Å². The fourth-order valence-electron chi connectivity index (χ4n) is 3.25. The van der Waals surface area contributed by atoms with Crippen LogP contribution in [0.4, 0.5) is 10.5 Å². The van der Waals surface area contributed by atoms with Gasteiger partial charge in [-0.1, -0.05) is 54.1 Å². The lowest BCUT2D eigenvalue weighted by atomic mass is 10.1. The summed E-state index contributed by atoms with van der Waals surface area (Å²) in [5, 5.41) is 2.47. The molecule has 6 nitrogen and oxygen atoms in total. The Balaban J connectivity index is 1.38. The van der Waals surface area contributed by atoms with Gasteiger partial charge in [-0.2, -0.15) is 0 Å². The first-order valence-electron chi connectivity index (χ1n) is 10.5. The van der Waals surface area contributed by atoms with Crippen LogP contribution in [0.1, 0.15) is 16.7 Å². The maximum atomic E-state index is 12.8. The maximum Gasteiger partial charge on any atom is 0.293 e. The molecule has 1 heterocycles. The number of carbonyl (C=O) groups is 3. The molecule has 3 amide bonds. The zero-order chi connectivity index (χ0) is 24.1. The number of aryl methyl sites for hydroxylation is 1. The lowest BCUT2D eigenvalue weighted by Gasteiger charge is -2.12. The average molecular weight is 537 g/mol. The highest BCUT2D eigenvalue weighted by atomic mass is 79.9. The highest BCUT2D eigenvalue weighted by molar-refractivity contribution is 9.10. The van der Waals surface area contributed by atoms with Crippen molar-refractivity contribution in [2.75, 3.05) is 11.9 Å². The van der Waals surface area contributed by atoms with Crippen molar-refractivity contribution in [1.29, 1.82) is 0 Å². The molecule has 3 aromatic carbocycles. The predicted octanol–water partition coefficient (Wildman–Crippen LogP) is 6.01. The molecule has 4 rings (SSSR count). The molecule has 1 fully saturated rings. The summed E-state index contributed by atoms with van der Waals surface area (Å²) in [7, 11) is 0. The Morgan fingerprint density at radius 3 is 2.50 bits per heavy atom. The van der Waals surface area contributed by atoms with E-state index in [1.807, 2.05) is 49.4 Å². The summed E-state index contributed by atoms with van der Waals surface area (Å²) < 4.78 is 6.24. The molecule has 0 spiro atoms. The molecule has 0 unspecified atom stereocenters. The summed E-state index contributed by atoms with van der Waals surface area (Å²) in [4.78, 5) is 38.9. The molecule has 0 aromatic heterocycles. The third-order valence-corrected chi connectivity index (χ3v) is 6.53. The van der Waals surface area contributed by atoms with E-state index in [0.29, 0.717) is 20.8 Å². The number of hydrogen-bond donors (Lipinski definition) is 1. The number of anilines is 1. The van der Waals surface area contributed by atoms with E-state index in [1.54, 1.807) is 36.4 Å². The van der Waals surface area contributed by atoms with Crippen LogP contribution in [0.2, 0.25) is 0 Å². The van der Waals surface area contributed by atoms with Crippen LogP contribution in [0.25, 0.3) is 6.08 Å². The van der Waals surface area contributed by atoms with E-state index in [-0.39, 0.29) is 30.2 Å². The van der Waals surface area contributed by atoms with Crippen LogP contribution in [0, 0.1) is 6.92 Å². The van der Waals surface area contributed by atoms with Crippen LogP contribution >= 0.6 is 27.7 Å². The average Bonchev–Trinajstić information content (AvgIpc) is 3.08. The third-order valence-electron chi connectivity index (χ3n) is 5.00. The molecule has 0 radical (unpaired) electrons. The number of rotatable bonds is 7. The number of nitrogens with zero attached hydrogens (tertiary/aromatic N) is 1. The van der Waals surface area contributed by atoms with Gasteiger partial charge < -0.3 is 10.1 Å². The van der Waals surface area contributed by atoms with Gasteiger partial charge in [0, 0.05) is 5.69 Å². The standard InChI is InChI=1S/C26H21BrN2O4S/c1-17-7-9-18(10-8-17)15-29-25(31)23(34-26(29)32)14-19-11-12-22(21(27)13-19)33-16-24(30)28-20-5-3-2-4-6-20/h2-14H,15-16H2,1H3,(H,28,30)/b23-14-. The maximum absolute atomic E-state index is 12.8. The summed E-state index contributed by atoms with van der Waals surface area (Å²) in [5.41, 5.74) is 3.44. The lowest BCUT2D eigenvalue weighted by Crippen LogP contribution is -2.27. The van der Waals surface area contributed by atoms with Crippen molar-refractivity contribution in [3.63, 3.8) is 0 Å². The molecule has 1 saturated heterocycles. The van der Waals surface area contributed by atoms with Crippen LogP contribution in [-0.2, 0) is 16.1 Å². The summed E-state index contributed by atoms with van der Waals surface area (Å²) in [6.07, 6.45) is 1.68. The molecule has 0 saturated carbocycles. The van der Waals surface area contributed by atoms with Crippen LogP contribution in [0.15, 0.2) is 82.2 Å². The van der Waals surface area contributed by atoms with E-state index in [0.717, 1.165) is 28.5 Å². The van der Waals surface area contributed by atoms with Crippen LogP contribution in [0.3, 0.4) is 0 Å². The Hall–Kier alpha value is -3.36. The van der Waals surface area contributed by atoms with Gasteiger partial charge in [0.05, 0.1) is 15.9 Å². The van der Waals surface area contributed by atoms with Crippen molar-refractivity contribution < 1.29 is 19.1 Å². The van der Waals surface area contributed by atoms with Gasteiger partial charge in [0.1, 0.15) is 5.75 Å². The molecule has 1 N–H and O–H groups in total. The van der Waals surface area contributed by atoms with Gasteiger partial charge in [0.15, 0.2) is 6.61 Å². The highest BCUT2D eigenvalue weighted by Crippen LogP contribution is 2.34. The molecule has 8 heteroatoms. The minimum Gasteiger partial charge on any atom is -0.483 e. The second-order valence-electron chi connectivity index (χ2n) is 7.65. The fraction of sp³-hybridized carbons (Fsp3) is 0.115. The topological polar surface area (TPSA) is 75.7 Å². The number of imide groups is 1. The number of thioether (sulfide) groups is 1. The Morgan fingerprint density at radius 2 is 1.79 bits per heavy atom. The van der Waals surface area contributed by atoms with Gasteiger partial charge in [-0.3, -0.25) is 19.3 Å². The Bertz CT molecular complexity index is 1260. The van der Waals surface area contributed by atoms with E-state index >= 15 is 0 Å². The van der Waals surface area contributed by atoms with E-state index in [4.69, 9.17) is 4.74 Å². The predicted molar refractivity (Wildman–Crippen MR) is 137 cm³/mol. The van der Waals surface area contributed by atoms with Gasteiger partial charge in [-0.15, -0.1) is 0 Å². The summed E-state index contributed by atoms with van der Waals surface area (Å²) in [6.45, 7) is 2.08. The zero-order valence-corrected chi connectivity index (χ0v) is 20.7. The molecule has 172 valence electrons. The number of carbonyl (C=O) groups excluding carboxylic acids is 3. The molecular weight excluding hydrogens is 516 g/mol. The zero-order valence-electron chi connectivity index (χ0n) is 18.3. The van der Waals surface area contributed by atoms with Crippen molar-refractivity contribution in [1.82, 2.24) is 4.90 Å². The van der Waals surface area contributed by atoms with Gasteiger partial charge >= 0.3 is 0 Å². The molecule has 34 heavy (non-hydrogen) atoms. The Morgan fingerprint density at radius 1 is 1.06 bits per heavy atom. The van der Waals surface area contributed by atoms with Crippen LogP contribution in [0.5, 0.6) is 5.75 Å². The highest BCUT2D eigenvalue weighted by Gasteiger charge is 2.35. The second-order valence-corrected chi connectivity index (χ2v) is 9.49. The van der Waals surface area contributed by atoms with Crippen LogP contribution < -0.4 is 10.1 Å². The number of hydrogen-bond acceptors (Lipinski definition) is 5. The minimum absolute atomic E-state index is 0.148. The molecule has 0 atom stereocenters. The SMILES string of the molecule is Cc1ccc(CN2C(=O)S/C(=C\c3ccc(OCC(=O)Nc4ccccc4)c(Br)c3)C2=O)cc1. The first-order chi connectivity index (χ1) is 16.4. The fourth-order valence-corrected chi connectivity index (χ4v) is 4.60. The number of halogens is 1.